The first-order valence-electron chi connectivity index (χ1n) is 24.1. The number of rotatable bonds is 16. The summed E-state index contributed by atoms with van der Waals surface area (Å²) in [5.74, 6) is -0.239. The number of nitrogens with zero attached hydrogens (tertiary/aromatic N) is 2. The molecule has 12 heteroatoms. The van der Waals surface area contributed by atoms with Crippen molar-refractivity contribution in [1.29, 1.82) is 0 Å². The molecular formula is C56H71N3O8S. The quantitative estimate of drug-likeness (QED) is 0.0489. The van der Waals surface area contributed by atoms with Crippen LogP contribution in [0.5, 0.6) is 0 Å². The third kappa shape index (κ3) is 10.5. The summed E-state index contributed by atoms with van der Waals surface area (Å²) in [6.07, 6.45) is 3.83. The fourth-order valence-corrected chi connectivity index (χ4v) is 10.0. The molecule has 0 saturated carbocycles. The van der Waals surface area contributed by atoms with Crippen molar-refractivity contribution in [3.05, 3.63) is 95.1 Å². The predicted octanol–water partition coefficient (Wildman–Crippen LogP) is 10.9. The van der Waals surface area contributed by atoms with E-state index in [9.17, 15) is 23.4 Å². The molecule has 6 aromatic rings. The fraction of sp³-hybridized carbons (Fsp3) is 0.464. The fourth-order valence-electron chi connectivity index (χ4n) is 9.06. The third-order valence-electron chi connectivity index (χ3n) is 13.8. The Bertz CT molecular complexity index is 2720. The Labute approximate surface area is 404 Å². The predicted molar refractivity (Wildman–Crippen MR) is 277 cm³/mol. The molecule has 8 rings (SSSR count). The van der Waals surface area contributed by atoms with Crippen LogP contribution in [-0.4, -0.2) is 93.3 Å². The normalized spacial score (nSPS) is 15.4. The van der Waals surface area contributed by atoms with Crippen LogP contribution in [0.1, 0.15) is 143 Å². The molecule has 3 unspecified atom stereocenters. The second-order valence-corrected chi connectivity index (χ2v) is 22.2. The van der Waals surface area contributed by atoms with Crippen molar-refractivity contribution in [3.63, 3.8) is 0 Å². The highest BCUT2D eigenvalue weighted by Gasteiger charge is 2.39. The first kappa shape index (κ1) is 52.3. The van der Waals surface area contributed by atoms with E-state index in [0.29, 0.717) is 86.2 Å². The molecule has 2 heterocycles. The molecular weight excluding hydrogens is 875 g/mol. The average molecular weight is 946 g/mol. The summed E-state index contributed by atoms with van der Waals surface area (Å²) in [5, 5.41) is 26.5. The van der Waals surface area contributed by atoms with Crippen LogP contribution in [0.2, 0.25) is 0 Å². The number of methoxy groups -OCH3 is 1. The number of fused-ring (bicyclic) bond motifs is 2. The Hall–Kier alpha value is -5.11. The van der Waals surface area contributed by atoms with Gasteiger partial charge in [0.2, 0.25) is 0 Å². The number of carbonyl (C=O) groups excluding carboxylic acids is 4. The topological polar surface area (TPSA) is 154 Å². The molecule has 11 nitrogen and oxygen atoms in total. The summed E-state index contributed by atoms with van der Waals surface area (Å²) >= 11 is 0. The highest BCUT2D eigenvalue weighted by Crippen LogP contribution is 2.47. The molecule has 68 heavy (non-hydrogen) atoms. The smallest absolute Gasteiger partial charge is 0.265 e. The standard InChI is InChI=1S/C48H51N3O5S.C5H12O.C3H8O2/c1-9-47(5,6)22-23-48(7,8)49-24-25-57(56)30-12-10-29(11-13-30)51-45(54)37-20-16-33-31-14-18-35-41-36(44(53)50(43(35)52)28(4)26-27(2)3)19-15-32(39(31)41)34-17-21-38(46(51)55)42(37)40(33)34;1-4(2)5(3)6;1-5-3-2-4/h10-21,27-28,49H,9,22-26H2,1-8H3;4-6H,1-3H3;4H,2-3H2,1H3. The maximum atomic E-state index is 14.3. The summed E-state index contributed by atoms with van der Waals surface area (Å²) in [6.45, 7) is 24.2. The van der Waals surface area contributed by atoms with E-state index in [1.165, 1.54) is 9.80 Å². The van der Waals surface area contributed by atoms with Gasteiger partial charge in [0.15, 0.2) is 0 Å². The van der Waals surface area contributed by atoms with Gasteiger partial charge < -0.3 is 20.3 Å². The molecule has 0 bridgehead atoms. The molecule has 0 spiro atoms. The molecule has 0 fully saturated rings. The van der Waals surface area contributed by atoms with E-state index in [2.05, 4.69) is 58.5 Å². The SMILES string of the molecule is CC(C)C(C)O.CCC(C)(C)CCC(C)(C)NCCS(=O)c1ccc(N2C(=O)c3ccc4c5ccc6c7c(ccc(c8ccc(c3c48)C2=O)c75)C(=O)N(C(C)CC(C)C)C6=O)cc1.COCCO. The number of aliphatic hydroxyl groups is 2. The third-order valence-corrected chi connectivity index (χ3v) is 15.2. The Morgan fingerprint density at radius 3 is 1.47 bits per heavy atom. The number of carbonyl (C=O) groups is 4. The molecule has 364 valence electrons. The van der Waals surface area contributed by atoms with Crippen LogP contribution < -0.4 is 10.2 Å². The van der Waals surface area contributed by atoms with Gasteiger partial charge in [0.05, 0.1) is 35.8 Å². The zero-order valence-electron chi connectivity index (χ0n) is 42.0. The maximum absolute atomic E-state index is 14.3. The van der Waals surface area contributed by atoms with Gasteiger partial charge in [-0.25, -0.2) is 4.90 Å². The van der Waals surface area contributed by atoms with Gasteiger partial charge >= 0.3 is 0 Å². The first-order valence-corrected chi connectivity index (χ1v) is 25.4. The van der Waals surface area contributed by atoms with Crippen LogP contribution in [0.4, 0.5) is 5.69 Å². The Morgan fingerprint density at radius 1 is 0.662 bits per heavy atom. The average Bonchev–Trinajstić information content (AvgIpc) is 3.29. The Morgan fingerprint density at radius 2 is 1.10 bits per heavy atom. The van der Waals surface area contributed by atoms with E-state index in [-0.39, 0.29) is 36.1 Å². The van der Waals surface area contributed by atoms with E-state index in [1.807, 2.05) is 57.2 Å². The van der Waals surface area contributed by atoms with Crippen molar-refractivity contribution < 1.29 is 38.3 Å². The van der Waals surface area contributed by atoms with Crippen LogP contribution >= 0.6 is 0 Å². The van der Waals surface area contributed by atoms with Crippen molar-refractivity contribution in [1.82, 2.24) is 10.2 Å². The Balaban J connectivity index is 0.000000622. The minimum atomic E-state index is -1.26. The number of nitrogens with one attached hydrogen (secondary N) is 1. The van der Waals surface area contributed by atoms with Gasteiger partial charge in [0.1, 0.15) is 0 Å². The summed E-state index contributed by atoms with van der Waals surface area (Å²) in [5.41, 5.74) is 2.49. The number of hydrogen-bond acceptors (Lipinski definition) is 9. The highest BCUT2D eigenvalue weighted by atomic mass is 32.2. The van der Waals surface area contributed by atoms with Crippen LogP contribution in [-0.2, 0) is 15.5 Å². The van der Waals surface area contributed by atoms with Crippen LogP contribution in [0.25, 0.3) is 43.1 Å². The number of hydrogen-bond donors (Lipinski definition) is 3. The second kappa shape index (κ2) is 21.3. The monoisotopic (exact) mass is 945 g/mol. The number of imide groups is 2. The molecule has 6 aromatic carbocycles. The molecule has 2 aliphatic heterocycles. The number of ether oxygens (including phenoxy) is 1. The molecule has 2 aliphatic rings. The lowest BCUT2D eigenvalue weighted by atomic mass is 9.81. The molecule has 3 atom stereocenters. The van der Waals surface area contributed by atoms with Crippen LogP contribution in [0, 0.1) is 17.3 Å². The molecule has 0 saturated heterocycles. The summed E-state index contributed by atoms with van der Waals surface area (Å²) in [6, 6.07) is 21.5. The van der Waals surface area contributed by atoms with Crippen molar-refractivity contribution in [2.24, 2.45) is 17.3 Å². The van der Waals surface area contributed by atoms with Gasteiger partial charge in [0, 0.05) is 68.9 Å². The molecule has 0 aliphatic carbocycles. The zero-order chi connectivity index (χ0) is 50.0. The van der Waals surface area contributed by atoms with E-state index < -0.39 is 22.6 Å². The molecule has 4 amide bonds. The number of amides is 4. The number of aliphatic hydroxyl groups excluding tert-OH is 2. The van der Waals surface area contributed by atoms with E-state index >= 15 is 0 Å². The summed E-state index contributed by atoms with van der Waals surface area (Å²) in [7, 11) is 0.290. The molecule has 0 aromatic heterocycles. The minimum Gasteiger partial charge on any atom is -0.394 e. The van der Waals surface area contributed by atoms with Crippen molar-refractivity contribution >= 4 is 83.2 Å². The van der Waals surface area contributed by atoms with Gasteiger partial charge in [-0.3, -0.25) is 28.3 Å². The van der Waals surface area contributed by atoms with Gasteiger partial charge in [-0.2, -0.15) is 0 Å². The van der Waals surface area contributed by atoms with Gasteiger partial charge in [0.25, 0.3) is 23.6 Å². The lowest BCUT2D eigenvalue weighted by molar-refractivity contribution is 0.0535. The van der Waals surface area contributed by atoms with Crippen molar-refractivity contribution in [2.75, 3.05) is 37.5 Å². The van der Waals surface area contributed by atoms with Gasteiger partial charge in [-0.05, 0) is 145 Å². The molecule has 3 N–H and O–H groups in total. The first-order chi connectivity index (χ1) is 32.1. The molecule has 0 radical (unpaired) electrons. The Kier molecular flexibility index (Phi) is 16.3. The van der Waals surface area contributed by atoms with Gasteiger partial charge in [-0.15, -0.1) is 0 Å². The van der Waals surface area contributed by atoms with E-state index in [4.69, 9.17) is 10.2 Å². The maximum Gasteiger partial charge on any atom is 0.265 e. The number of anilines is 1. The lowest BCUT2D eigenvalue weighted by Crippen LogP contribution is -2.46. The van der Waals surface area contributed by atoms with Crippen LogP contribution in [0.15, 0.2) is 77.7 Å². The largest absolute Gasteiger partial charge is 0.394 e. The highest BCUT2D eigenvalue weighted by molar-refractivity contribution is 7.85. The van der Waals surface area contributed by atoms with Crippen molar-refractivity contribution in [2.45, 2.75) is 124 Å². The van der Waals surface area contributed by atoms with Crippen LogP contribution in [0.3, 0.4) is 0 Å². The number of benzene rings is 6. The summed E-state index contributed by atoms with van der Waals surface area (Å²) < 4.78 is 17.7. The zero-order valence-corrected chi connectivity index (χ0v) is 42.9. The minimum absolute atomic E-state index is 0.0688. The second-order valence-electron chi connectivity index (χ2n) is 20.6. The lowest BCUT2D eigenvalue weighted by Gasteiger charge is -2.33. The van der Waals surface area contributed by atoms with Gasteiger partial charge in [-0.1, -0.05) is 79.2 Å². The van der Waals surface area contributed by atoms with E-state index in [1.54, 1.807) is 50.4 Å². The summed E-state index contributed by atoms with van der Waals surface area (Å²) in [4.78, 5) is 59.7. The van der Waals surface area contributed by atoms with E-state index in [0.717, 1.165) is 51.6 Å². The van der Waals surface area contributed by atoms with Crippen molar-refractivity contribution in [3.8, 4) is 0 Å².